The summed E-state index contributed by atoms with van der Waals surface area (Å²) in [6, 6.07) is 11.9. The summed E-state index contributed by atoms with van der Waals surface area (Å²) in [5.74, 6) is 1.41. The van der Waals surface area contributed by atoms with Crippen molar-refractivity contribution in [2.24, 2.45) is 7.05 Å². The van der Waals surface area contributed by atoms with Crippen LogP contribution in [0.4, 0.5) is 5.95 Å². The highest BCUT2D eigenvalue weighted by Crippen LogP contribution is 2.22. The molecule has 4 aromatic rings. The number of aryl methyl sites for hydroxylation is 2. The Bertz CT molecular complexity index is 1050. The number of fused-ring (bicyclic) bond motifs is 1. The van der Waals surface area contributed by atoms with Gasteiger partial charge in [0.25, 0.3) is 0 Å². The highest BCUT2D eigenvalue weighted by atomic mass is 16.5. The molecule has 4 rings (SSSR count). The van der Waals surface area contributed by atoms with Gasteiger partial charge in [0.15, 0.2) is 5.76 Å². The summed E-state index contributed by atoms with van der Waals surface area (Å²) < 4.78 is 7.32. The van der Waals surface area contributed by atoms with Gasteiger partial charge >= 0.3 is 0 Å². The topological polar surface area (TPSA) is 72.9 Å². The Morgan fingerprint density at radius 1 is 1.19 bits per heavy atom. The van der Waals surface area contributed by atoms with E-state index in [1.807, 2.05) is 66.3 Å². The van der Waals surface area contributed by atoms with Crippen LogP contribution in [-0.2, 0) is 20.0 Å². The van der Waals surface area contributed by atoms with Crippen molar-refractivity contribution in [3.8, 4) is 11.3 Å². The van der Waals surface area contributed by atoms with Gasteiger partial charge in [-0.15, -0.1) is 0 Å². The van der Waals surface area contributed by atoms with Crippen LogP contribution in [0.15, 0.2) is 47.1 Å². The lowest BCUT2D eigenvalue weighted by Crippen LogP contribution is -2.19. The predicted molar refractivity (Wildman–Crippen MR) is 104 cm³/mol. The Labute approximate surface area is 157 Å². The van der Waals surface area contributed by atoms with E-state index < -0.39 is 0 Å². The van der Waals surface area contributed by atoms with Gasteiger partial charge in [0.2, 0.25) is 5.95 Å². The summed E-state index contributed by atoms with van der Waals surface area (Å²) >= 11 is 0. The molecule has 0 bridgehead atoms. The van der Waals surface area contributed by atoms with E-state index in [4.69, 9.17) is 9.51 Å². The lowest BCUT2D eigenvalue weighted by Gasteiger charge is -2.15. The smallest absolute Gasteiger partial charge is 0.226 e. The van der Waals surface area contributed by atoms with E-state index in [0.717, 1.165) is 46.6 Å². The zero-order valence-corrected chi connectivity index (χ0v) is 15.8. The Kier molecular flexibility index (Phi) is 4.58. The third kappa shape index (κ3) is 3.40. The number of nitrogens with zero attached hydrogens (tertiary/aromatic N) is 6. The average molecular weight is 362 g/mol. The summed E-state index contributed by atoms with van der Waals surface area (Å²) in [5.41, 5.74) is 4.72. The fourth-order valence-electron chi connectivity index (χ4n) is 3.13. The third-order valence-corrected chi connectivity index (χ3v) is 4.49. The van der Waals surface area contributed by atoms with Gasteiger partial charge in [-0.1, -0.05) is 48.8 Å². The number of hydrogen-bond acceptors (Lipinski definition) is 6. The normalized spacial score (nSPS) is 11.2. The molecule has 1 aromatic carbocycles. The number of rotatable bonds is 6. The Morgan fingerprint density at radius 3 is 2.78 bits per heavy atom. The van der Waals surface area contributed by atoms with E-state index in [1.165, 1.54) is 0 Å². The van der Waals surface area contributed by atoms with Crippen LogP contribution in [0.5, 0.6) is 0 Å². The quantitative estimate of drug-likeness (QED) is 0.522. The van der Waals surface area contributed by atoms with E-state index in [2.05, 4.69) is 22.2 Å². The van der Waals surface area contributed by atoms with Crippen LogP contribution in [0.2, 0.25) is 0 Å². The largest absolute Gasteiger partial charge is 0.356 e. The zero-order valence-electron chi connectivity index (χ0n) is 15.8. The van der Waals surface area contributed by atoms with Gasteiger partial charge < -0.3 is 9.42 Å². The minimum absolute atomic E-state index is 0.561. The first-order chi connectivity index (χ1) is 13.2. The molecular formula is C20H22N6O. The molecule has 0 saturated carbocycles. The maximum atomic E-state index is 5.48. The summed E-state index contributed by atoms with van der Waals surface area (Å²) in [5, 5.41) is 8.75. The first-order valence-electron chi connectivity index (χ1n) is 9.06. The van der Waals surface area contributed by atoms with E-state index >= 15 is 0 Å². The standard InChI is InChI=1S/C20H22N6O/c1-4-8-16-19-17(26(3)23-16)12-21-20(22-19)25(2)13-15-11-18(27-24-15)14-9-6-5-7-10-14/h5-7,9-12H,4,8,13H2,1-3H3. The summed E-state index contributed by atoms with van der Waals surface area (Å²) in [7, 11) is 3.88. The molecule has 7 heteroatoms. The third-order valence-electron chi connectivity index (χ3n) is 4.49. The van der Waals surface area contributed by atoms with Crippen LogP contribution in [-0.4, -0.2) is 32.0 Å². The molecule has 138 valence electrons. The van der Waals surface area contributed by atoms with Gasteiger partial charge in [0.05, 0.1) is 18.4 Å². The fourth-order valence-corrected chi connectivity index (χ4v) is 3.13. The fraction of sp³-hybridized carbons (Fsp3) is 0.300. The van der Waals surface area contributed by atoms with Crippen LogP contribution in [0.25, 0.3) is 22.4 Å². The minimum Gasteiger partial charge on any atom is -0.356 e. The molecule has 0 aliphatic carbocycles. The molecule has 0 radical (unpaired) electrons. The van der Waals surface area contributed by atoms with Crippen molar-refractivity contribution >= 4 is 17.0 Å². The molecule has 0 unspecified atom stereocenters. The minimum atomic E-state index is 0.561. The van der Waals surface area contributed by atoms with E-state index in [0.29, 0.717) is 12.5 Å². The Hall–Kier alpha value is -3.22. The monoisotopic (exact) mass is 362 g/mol. The van der Waals surface area contributed by atoms with Gasteiger partial charge in [-0.2, -0.15) is 5.10 Å². The van der Waals surface area contributed by atoms with Crippen molar-refractivity contribution < 1.29 is 4.52 Å². The van der Waals surface area contributed by atoms with Crippen molar-refractivity contribution in [2.45, 2.75) is 26.3 Å². The number of anilines is 1. The molecule has 3 aromatic heterocycles. The highest BCUT2D eigenvalue weighted by molar-refractivity contribution is 5.78. The second kappa shape index (κ2) is 7.19. The zero-order chi connectivity index (χ0) is 18.8. The summed E-state index contributed by atoms with van der Waals surface area (Å²) in [6.45, 7) is 2.70. The average Bonchev–Trinajstić information content (AvgIpc) is 3.27. The van der Waals surface area contributed by atoms with Crippen molar-refractivity contribution in [2.75, 3.05) is 11.9 Å². The van der Waals surface area contributed by atoms with E-state index in [-0.39, 0.29) is 0 Å². The highest BCUT2D eigenvalue weighted by Gasteiger charge is 2.15. The SMILES string of the molecule is CCCc1nn(C)c2cnc(N(C)Cc3cc(-c4ccccc4)on3)nc12. The lowest BCUT2D eigenvalue weighted by molar-refractivity contribution is 0.423. The van der Waals surface area contributed by atoms with Crippen molar-refractivity contribution in [1.29, 1.82) is 0 Å². The Morgan fingerprint density at radius 2 is 2.00 bits per heavy atom. The molecule has 0 aliphatic rings. The van der Waals surface area contributed by atoms with Crippen LogP contribution in [0.3, 0.4) is 0 Å². The molecule has 7 nitrogen and oxygen atoms in total. The van der Waals surface area contributed by atoms with Gasteiger partial charge in [0.1, 0.15) is 16.7 Å². The molecule has 0 fully saturated rings. The maximum absolute atomic E-state index is 5.48. The van der Waals surface area contributed by atoms with E-state index in [1.54, 1.807) is 0 Å². The van der Waals surface area contributed by atoms with Gasteiger partial charge in [-0.05, 0) is 6.42 Å². The van der Waals surface area contributed by atoms with Gasteiger partial charge in [0, 0.05) is 25.7 Å². The number of aromatic nitrogens is 5. The lowest BCUT2D eigenvalue weighted by atomic mass is 10.1. The van der Waals surface area contributed by atoms with Crippen LogP contribution in [0, 0.1) is 0 Å². The number of hydrogen-bond donors (Lipinski definition) is 0. The van der Waals surface area contributed by atoms with Crippen molar-refractivity contribution in [3.63, 3.8) is 0 Å². The second-order valence-corrected chi connectivity index (χ2v) is 6.63. The first-order valence-corrected chi connectivity index (χ1v) is 9.06. The molecule has 0 spiro atoms. The molecule has 3 heterocycles. The Balaban J connectivity index is 1.57. The van der Waals surface area contributed by atoms with Crippen LogP contribution in [0.1, 0.15) is 24.7 Å². The summed E-state index contributed by atoms with van der Waals surface area (Å²) in [6.07, 6.45) is 3.77. The number of benzene rings is 1. The molecule has 0 N–H and O–H groups in total. The van der Waals surface area contributed by atoms with E-state index in [9.17, 15) is 0 Å². The molecule has 0 saturated heterocycles. The van der Waals surface area contributed by atoms with Crippen LogP contribution < -0.4 is 4.90 Å². The van der Waals surface area contributed by atoms with Crippen molar-refractivity contribution in [3.05, 3.63) is 54.0 Å². The van der Waals surface area contributed by atoms with Gasteiger partial charge in [-0.25, -0.2) is 9.97 Å². The molecule has 0 amide bonds. The predicted octanol–water partition coefficient (Wildman–Crippen LogP) is 3.61. The second-order valence-electron chi connectivity index (χ2n) is 6.63. The van der Waals surface area contributed by atoms with Crippen molar-refractivity contribution in [1.82, 2.24) is 24.9 Å². The molecule has 27 heavy (non-hydrogen) atoms. The molecule has 0 atom stereocenters. The summed E-state index contributed by atoms with van der Waals surface area (Å²) in [4.78, 5) is 11.2. The first kappa shape index (κ1) is 17.2. The maximum Gasteiger partial charge on any atom is 0.226 e. The van der Waals surface area contributed by atoms with Gasteiger partial charge in [-0.3, -0.25) is 4.68 Å². The van der Waals surface area contributed by atoms with Crippen LogP contribution >= 0.6 is 0 Å². The molecular weight excluding hydrogens is 340 g/mol. The molecule has 0 aliphatic heterocycles.